The molecule has 2 N–H and O–H groups in total. The standard InChI is InChI=1S/C16H13NO.C7H7NO2/c1-12-15(13-8-4-2-5-9-13)17-16(18-12)14-10-6-3-7-11-14;9-5-8-6-3-1-2-4-7(6)10/h2-11H,1H3;1-5,10H,(H,8,9). The van der Waals surface area contributed by atoms with Gasteiger partial charge in [0.2, 0.25) is 12.3 Å². The zero-order chi connectivity index (χ0) is 19.8. The fraction of sp³-hybridized carbons (Fsp3) is 0.0435. The van der Waals surface area contributed by atoms with Crippen LogP contribution in [0.1, 0.15) is 5.76 Å². The normalized spacial score (nSPS) is 9.89. The van der Waals surface area contributed by atoms with Crippen LogP contribution in [-0.4, -0.2) is 16.5 Å². The highest BCUT2D eigenvalue weighted by molar-refractivity contribution is 5.74. The number of amides is 1. The van der Waals surface area contributed by atoms with Crippen molar-refractivity contribution in [2.24, 2.45) is 0 Å². The number of hydrogen-bond donors (Lipinski definition) is 2. The average molecular weight is 372 g/mol. The predicted molar refractivity (Wildman–Crippen MR) is 110 cm³/mol. The number of benzene rings is 3. The third-order valence-electron chi connectivity index (χ3n) is 3.98. The SMILES string of the molecule is Cc1oc(-c2ccccc2)nc1-c1ccccc1.O=CNc1ccccc1O. The highest BCUT2D eigenvalue weighted by atomic mass is 16.4. The van der Waals surface area contributed by atoms with Gasteiger partial charge in [-0.25, -0.2) is 4.98 Å². The summed E-state index contributed by atoms with van der Waals surface area (Å²) in [6.07, 6.45) is 0.523. The van der Waals surface area contributed by atoms with E-state index in [9.17, 15) is 4.79 Å². The second kappa shape index (κ2) is 9.19. The number of para-hydroxylation sites is 2. The molecule has 0 radical (unpaired) electrons. The largest absolute Gasteiger partial charge is 0.506 e. The number of hydrogen-bond acceptors (Lipinski definition) is 4. The molecule has 1 heterocycles. The lowest BCUT2D eigenvalue weighted by atomic mass is 10.1. The van der Waals surface area contributed by atoms with Gasteiger partial charge in [-0.2, -0.15) is 0 Å². The maximum Gasteiger partial charge on any atom is 0.226 e. The molecule has 4 rings (SSSR count). The van der Waals surface area contributed by atoms with Crippen LogP contribution in [0.3, 0.4) is 0 Å². The fourth-order valence-electron chi connectivity index (χ4n) is 2.62. The van der Waals surface area contributed by atoms with Gasteiger partial charge in [0.25, 0.3) is 0 Å². The molecule has 0 unspecified atom stereocenters. The molecule has 140 valence electrons. The van der Waals surface area contributed by atoms with E-state index in [-0.39, 0.29) is 5.75 Å². The highest BCUT2D eigenvalue weighted by Gasteiger charge is 2.12. The van der Waals surface area contributed by atoms with Gasteiger partial charge in [-0.3, -0.25) is 4.79 Å². The third kappa shape index (κ3) is 4.65. The van der Waals surface area contributed by atoms with Gasteiger partial charge in [-0.15, -0.1) is 0 Å². The molecule has 1 amide bonds. The predicted octanol–water partition coefficient (Wildman–Crippen LogP) is 5.28. The summed E-state index contributed by atoms with van der Waals surface area (Å²) in [5, 5.41) is 11.4. The Hall–Kier alpha value is -3.86. The Morgan fingerprint density at radius 1 is 0.857 bits per heavy atom. The van der Waals surface area contributed by atoms with Crippen molar-refractivity contribution in [1.82, 2.24) is 4.98 Å². The van der Waals surface area contributed by atoms with Crippen molar-refractivity contribution < 1.29 is 14.3 Å². The first-order valence-electron chi connectivity index (χ1n) is 8.75. The molecule has 0 saturated carbocycles. The minimum atomic E-state index is 0.0783. The Balaban J connectivity index is 0.000000192. The second-order valence-corrected chi connectivity index (χ2v) is 5.94. The number of aromatic nitrogens is 1. The number of phenols is 1. The minimum Gasteiger partial charge on any atom is -0.506 e. The number of aryl methyl sites for hydroxylation is 1. The van der Waals surface area contributed by atoms with Gasteiger partial charge < -0.3 is 14.8 Å². The number of rotatable bonds is 4. The molecule has 0 atom stereocenters. The van der Waals surface area contributed by atoms with Gasteiger partial charge in [-0.05, 0) is 31.2 Å². The van der Waals surface area contributed by atoms with E-state index in [1.807, 2.05) is 67.6 Å². The van der Waals surface area contributed by atoms with E-state index in [1.165, 1.54) is 6.07 Å². The first-order valence-corrected chi connectivity index (χ1v) is 8.75. The van der Waals surface area contributed by atoms with Crippen molar-refractivity contribution >= 4 is 12.1 Å². The molecule has 0 saturated heterocycles. The summed E-state index contributed by atoms with van der Waals surface area (Å²) in [5.41, 5.74) is 3.43. The van der Waals surface area contributed by atoms with Crippen molar-refractivity contribution in [3.63, 3.8) is 0 Å². The lowest BCUT2D eigenvalue weighted by molar-refractivity contribution is -0.105. The van der Waals surface area contributed by atoms with Crippen molar-refractivity contribution in [2.45, 2.75) is 6.92 Å². The van der Waals surface area contributed by atoms with Crippen LogP contribution in [0, 0.1) is 6.92 Å². The summed E-state index contributed by atoms with van der Waals surface area (Å²) in [6.45, 7) is 1.95. The number of phenolic OH excluding ortho intramolecular Hbond substituents is 1. The Kier molecular flexibility index (Phi) is 6.21. The number of aromatic hydroxyl groups is 1. The molecule has 4 aromatic rings. The molecular formula is C23H20N2O3. The summed E-state index contributed by atoms with van der Waals surface area (Å²) >= 11 is 0. The molecule has 0 bridgehead atoms. The molecule has 0 aliphatic heterocycles. The molecule has 0 spiro atoms. The quantitative estimate of drug-likeness (QED) is 0.378. The molecule has 0 aliphatic rings. The van der Waals surface area contributed by atoms with Crippen LogP contribution in [0.4, 0.5) is 5.69 Å². The van der Waals surface area contributed by atoms with Crippen LogP contribution in [0.25, 0.3) is 22.7 Å². The molecule has 0 fully saturated rings. The Morgan fingerprint density at radius 3 is 2.04 bits per heavy atom. The smallest absolute Gasteiger partial charge is 0.226 e. The third-order valence-corrected chi connectivity index (χ3v) is 3.98. The number of carbonyl (C=O) groups excluding carboxylic acids is 1. The Morgan fingerprint density at radius 2 is 1.43 bits per heavy atom. The van der Waals surface area contributed by atoms with Gasteiger partial charge in [0.15, 0.2) is 0 Å². The van der Waals surface area contributed by atoms with E-state index in [4.69, 9.17) is 9.52 Å². The molecule has 28 heavy (non-hydrogen) atoms. The van der Waals surface area contributed by atoms with Gasteiger partial charge in [0, 0.05) is 11.1 Å². The van der Waals surface area contributed by atoms with Gasteiger partial charge in [0.1, 0.15) is 17.2 Å². The van der Waals surface area contributed by atoms with E-state index < -0.39 is 0 Å². The van der Waals surface area contributed by atoms with Crippen molar-refractivity contribution in [2.75, 3.05) is 5.32 Å². The first kappa shape index (κ1) is 18.9. The van der Waals surface area contributed by atoms with Crippen molar-refractivity contribution in [1.29, 1.82) is 0 Å². The first-order chi connectivity index (χ1) is 13.7. The van der Waals surface area contributed by atoms with E-state index in [2.05, 4.69) is 10.3 Å². The van der Waals surface area contributed by atoms with Crippen molar-refractivity contribution in [3.8, 4) is 28.5 Å². The van der Waals surface area contributed by atoms with Crippen LogP contribution >= 0.6 is 0 Å². The molecule has 3 aromatic carbocycles. The average Bonchev–Trinajstić information content (AvgIpc) is 3.13. The van der Waals surface area contributed by atoms with Gasteiger partial charge in [0.05, 0.1) is 5.69 Å². The van der Waals surface area contributed by atoms with Crippen LogP contribution < -0.4 is 5.32 Å². The topological polar surface area (TPSA) is 75.4 Å². The number of carbonyl (C=O) groups is 1. The Bertz CT molecular complexity index is 1030. The summed E-state index contributed by atoms with van der Waals surface area (Å²) in [6, 6.07) is 26.6. The molecule has 5 heteroatoms. The number of anilines is 1. The minimum absolute atomic E-state index is 0.0783. The van der Waals surface area contributed by atoms with E-state index in [1.54, 1.807) is 18.2 Å². The zero-order valence-corrected chi connectivity index (χ0v) is 15.4. The molecular weight excluding hydrogens is 352 g/mol. The summed E-state index contributed by atoms with van der Waals surface area (Å²) in [7, 11) is 0. The lowest BCUT2D eigenvalue weighted by Crippen LogP contribution is -1.92. The number of oxazole rings is 1. The van der Waals surface area contributed by atoms with Gasteiger partial charge >= 0.3 is 0 Å². The van der Waals surface area contributed by atoms with E-state index >= 15 is 0 Å². The lowest BCUT2D eigenvalue weighted by Gasteiger charge is -1.98. The maximum atomic E-state index is 9.90. The monoisotopic (exact) mass is 372 g/mol. The highest BCUT2D eigenvalue weighted by Crippen LogP contribution is 2.28. The van der Waals surface area contributed by atoms with Crippen LogP contribution in [0.5, 0.6) is 5.75 Å². The van der Waals surface area contributed by atoms with Crippen LogP contribution in [0.15, 0.2) is 89.3 Å². The van der Waals surface area contributed by atoms with Crippen molar-refractivity contribution in [3.05, 3.63) is 90.7 Å². The summed E-state index contributed by atoms with van der Waals surface area (Å²) < 4.78 is 5.74. The van der Waals surface area contributed by atoms with E-state index in [0.29, 0.717) is 18.0 Å². The zero-order valence-electron chi connectivity index (χ0n) is 15.4. The number of nitrogens with one attached hydrogen (secondary N) is 1. The molecule has 1 aromatic heterocycles. The summed E-state index contributed by atoms with van der Waals surface area (Å²) in [5.74, 6) is 1.60. The number of nitrogens with zero attached hydrogens (tertiary/aromatic N) is 1. The molecule has 0 aliphatic carbocycles. The summed E-state index contributed by atoms with van der Waals surface area (Å²) in [4.78, 5) is 14.5. The maximum absolute atomic E-state index is 9.90. The molecule has 5 nitrogen and oxygen atoms in total. The van der Waals surface area contributed by atoms with Gasteiger partial charge in [-0.1, -0.05) is 60.7 Å². The second-order valence-electron chi connectivity index (χ2n) is 5.94. The Labute approximate surface area is 163 Å². The van der Waals surface area contributed by atoms with E-state index in [0.717, 1.165) is 22.6 Å². The van der Waals surface area contributed by atoms with Crippen LogP contribution in [0.2, 0.25) is 0 Å². The fourth-order valence-corrected chi connectivity index (χ4v) is 2.62. The van der Waals surface area contributed by atoms with Crippen LogP contribution in [-0.2, 0) is 4.79 Å².